The SMILES string of the molecule is CCn1nc(C)c(Br)c1CC(CCC(C)OC)NN. The van der Waals surface area contributed by atoms with Gasteiger partial charge < -0.3 is 4.74 Å². The summed E-state index contributed by atoms with van der Waals surface area (Å²) in [7, 11) is 1.74. The van der Waals surface area contributed by atoms with Crippen LogP contribution in [0.3, 0.4) is 0 Å². The molecule has 0 radical (unpaired) electrons. The monoisotopic (exact) mass is 332 g/mol. The maximum atomic E-state index is 5.66. The van der Waals surface area contributed by atoms with Crippen LogP contribution >= 0.6 is 15.9 Å². The molecule has 0 spiro atoms. The van der Waals surface area contributed by atoms with Gasteiger partial charge in [0.2, 0.25) is 0 Å². The molecule has 19 heavy (non-hydrogen) atoms. The van der Waals surface area contributed by atoms with Gasteiger partial charge in [0.05, 0.1) is 22.0 Å². The minimum Gasteiger partial charge on any atom is -0.382 e. The van der Waals surface area contributed by atoms with Crippen molar-refractivity contribution < 1.29 is 4.74 Å². The number of nitrogens with two attached hydrogens (primary N) is 1. The average Bonchev–Trinajstić information content (AvgIpc) is 2.69. The summed E-state index contributed by atoms with van der Waals surface area (Å²) in [5.74, 6) is 5.66. The van der Waals surface area contributed by atoms with Gasteiger partial charge in [0.1, 0.15) is 0 Å². The predicted octanol–water partition coefficient (Wildman–Crippen LogP) is 2.16. The highest BCUT2D eigenvalue weighted by molar-refractivity contribution is 9.10. The van der Waals surface area contributed by atoms with Crippen LogP contribution in [0.15, 0.2) is 4.47 Å². The first kappa shape index (κ1) is 16.6. The lowest BCUT2D eigenvalue weighted by molar-refractivity contribution is 0.106. The molecule has 0 bridgehead atoms. The summed E-state index contributed by atoms with van der Waals surface area (Å²) in [5.41, 5.74) is 5.13. The highest BCUT2D eigenvalue weighted by Gasteiger charge is 2.17. The van der Waals surface area contributed by atoms with E-state index >= 15 is 0 Å². The molecule has 6 heteroatoms. The molecule has 2 atom stereocenters. The number of rotatable bonds is 8. The summed E-state index contributed by atoms with van der Waals surface area (Å²) < 4.78 is 8.40. The molecule has 1 aromatic heterocycles. The summed E-state index contributed by atoms with van der Waals surface area (Å²) in [5, 5.41) is 4.50. The standard InChI is InChI=1S/C13H25BrN4O/c1-5-18-12(13(14)10(3)17-18)8-11(16-15)7-6-9(2)19-4/h9,11,16H,5-8,15H2,1-4H3. The Kier molecular flexibility index (Phi) is 6.99. The molecule has 0 aliphatic rings. The first-order chi connectivity index (χ1) is 9.03. The Hall–Kier alpha value is -0.430. The number of nitrogens with zero attached hydrogens (tertiary/aromatic N) is 2. The molecule has 5 nitrogen and oxygen atoms in total. The Labute approximate surface area is 124 Å². The minimum absolute atomic E-state index is 0.232. The molecule has 0 amide bonds. The Bertz CT molecular complexity index is 394. The molecule has 0 saturated heterocycles. The molecule has 1 heterocycles. The van der Waals surface area contributed by atoms with Crippen LogP contribution in [0.25, 0.3) is 0 Å². The van der Waals surface area contributed by atoms with Gasteiger partial charge >= 0.3 is 0 Å². The molecule has 0 saturated carbocycles. The summed E-state index contributed by atoms with van der Waals surface area (Å²) >= 11 is 3.62. The highest BCUT2D eigenvalue weighted by Crippen LogP contribution is 2.23. The molecule has 0 aliphatic carbocycles. The number of aromatic nitrogens is 2. The largest absolute Gasteiger partial charge is 0.382 e. The van der Waals surface area contributed by atoms with Gasteiger partial charge in [-0.2, -0.15) is 5.10 Å². The normalized spacial score (nSPS) is 14.6. The van der Waals surface area contributed by atoms with Crippen molar-refractivity contribution in [3.8, 4) is 0 Å². The quantitative estimate of drug-likeness (QED) is 0.565. The molecule has 0 aliphatic heterocycles. The van der Waals surface area contributed by atoms with E-state index in [9.17, 15) is 0 Å². The zero-order valence-electron chi connectivity index (χ0n) is 12.2. The van der Waals surface area contributed by atoms with Crippen molar-refractivity contribution in [3.63, 3.8) is 0 Å². The summed E-state index contributed by atoms with van der Waals surface area (Å²) in [6.07, 6.45) is 3.09. The zero-order chi connectivity index (χ0) is 14.4. The summed E-state index contributed by atoms with van der Waals surface area (Å²) in [6, 6.07) is 0.232. The Morgan fingerprint density at radius 2 is 2.16 bits per heavy atom. The van der Waals surface area contributed by atoms with E-state index < -0.39 is 0 Å². The molecule has 3 N–H and O–H groups in total. The first-order valence-electron chi connectivity index (χ1n) is 6.74. The first-order valence-corrected chi connectivity index (χ1v) is 7.53. The number of methoxy groups -OCH3 is 1. The van der Waals surface area contributed by atoms with Crippen molar-refractivity contribution >= 4 is 15.9 Å². The predicted molar refractivity (Wildman–Crippen MR) is 80.9 cm³/mol. The van der Waals surface area contributed by atoms with Crippen molar-refractivity contribution in [2.45, 2.75) is 58.7 Å². The Balaban J connectivity index is 2.70. The smallest absolute Gasteiger partial charge is 0.0738 e. The van der Waals surface area contributed by atoms with Gasteiger partial charge in [0.25, 0.3) is 0 Å². The lowest BCUT2D eigenvalue weighted by Gasteiger charge is -2.18. The van der Waals surface area contributed by atoms with Crippen LogP contribution in [0.1, 0.15) is 38.1 Å². The maximum absolute atomic E-state index is 5.66. The third-order valence-electron chi connectivity index (χ3n) is 3.45. The van der Waals surface area contributed by atoms with Crippen molar-refractivity contribution in [2.75, 3.05) is 7.11 Å². The van der Waals surface area contributed by atoms with Gasteiger partial charge in [-0.1, -0.05) is 0 Å². The molecule has 1 aromatic rings. The van der Waals surface area contributed by atoms with Gasteiger partial charge in [-0.3, -0.25) is 16.0 Å². The fourth-order valence-electron chi connectivity index (χ4n) is 2.10. The van der Waals surface area contributed by atoms with E-state index in [-0.39, 0.29) is 12.1 Å². The molecular weight excluding hydrogens is 308 g/mol. The number of ether oxygens (including phenoxy) is 1. The third-order valence-corrected chi connectivity index (χ3v) is 4.48. The van der Waals surface area contributed by atoms with Crippen LogP contribution < -0.4 is 11.3 Å². The van der Waals surface area contributed by atoms with E-state index in [1.165, 1.54) is 5.69 Å². The highest BCUT2D eigenvalue weighted by atomic mass is 79.9. The van der Waals surface area contributed by atoms with Gasteiger partial charge in [-0.15, -0.1) is 0 Å². The fourth-order valence-corrected chi connectivity index (χ4v) is 2.54. The van der Waals surface area contributed by atoms with Crippen LogP contribution in [0.5, 0.6) is 0 Å². The van der Waals surface area contributed by atoms with E-state index in [1.807, 2.05) is 11.6 Å². The van der Waals surface area contributed by atoms with Crippen LogP contribution in [-0.2, 0) is 17.7 Å². The van der Waals surface area contributed by atoms with Gasteiger partial charge in [0.15, 0.2) is 0 Å². The number of halogens is 1. The lowest BCUT2D eigenvalue weighted by Crippen LogP contribution is -2.38. The van der Waals surface area contributed by atoms with Crippen LogP contribution in [0.2, 0.25) is 0 Å². The second-order valence-corrected chi connectivity index (χ2v) is 5.65. The van der Waals surface area contributed by atoms with Gasteiger partial charge in [-0.25, -0.2) is 0 Å². The topological polar surface area (TPSA) is 65.1 Å². The van der Waals surface area contributed by atoms with Gasteiger partial charge in [0, 0.05) is 26.1 Å². The van der Waals surface area contributed by atoms with Crippen LogP contribution in [-0.4, -0.2) is 29.0 Å². The maximum Gasteiger partial charge on any atom is 0.0738 e. The zero-order valence-corrected chi connectivity index (χ0v) is 13.8. The molecule has 2 unspecified atom stereocenters. The molecule has 110 valence electrons. The third kappa shape index (κ3) is 4.56. The van der Waals surface area contributed by atoms with Crippen molar-refractivity contribution in [3.05, 3.63) is 15.9 Å². The van der Waals surface area contributed by atoms with Gasteiger partial charge in [-0.05, 0) is 49.5 Å². The van der Waals surface area contributed by atoms with E-state index in [1.54, 1.807) is 7.11 Å². The van der Waals surface area contributed by atoms with E-state index in [0.29, 0.717) is 0 Å². The number of hydrogen-bond donors (Lipinski definition) is 2. The minimum atomic E-state index is 0.232. The number of nitrogens with one attached hydrogen (secondary N) is 1. The second kappa shape index (κ2) is 7.99. The molecular formula is C13H25BrN4O. The average molecular weight is 333 g/mol. The number of aryl methyl sites for hydroxylation is 2. The van der Waals surface area contributed by atoms with Crippen molar-refractivity contribution in [2.24, 2.45) is 5.84 Å². The summed E-state index contributed by atoms with van der Waals surface area (Å²) in [4.78, 5) is 0. The number of hydrogen-bond acceptors (Lipinski definition) is 4. The van der Waals surface area contributed by atoms with Crippen molar-refractivity contribution in [1.29, 1.82) is 0 Å². The van der Waals surface area contributed by atoms with Crippen LogP contribution in [0.4, 0.5) is 0 Å². The Morgan fingerprint density at radius 1 is 1.47 bits per heavy atom. The van der Waals surface area contributed by atoms with E-state index in [2.05, 4.69) is 40.3 Å². The van der Waals surface area contributed by atoms with Crippen LogP contribution in [0, 0.1) is 6.92 Å². The fraction of sp³-hybridized carbons (Fsp3) is 0.769. The summed E-state index contributed by atoms with van der Waals surface area (Å²) in [6.45, 7) is 7.05. The molecule has 1 rings (SSSR count). The lowest BCUT2D eigenvalue weighted by atomic mass is 10.0. The molecule has 0 aromatic carbocycles. The number of hydrazine groups is 1. The molecule has 0 fully saturated rings. The second-order valence-electron chi connectivity index (χ2n) is 4.85. The van der Waals surface area contributed by atoms with E-state index in [0.717, 1.165) is 36.0 Å². The van der Waals surface area contributed by atoms with Crippen molar-refractivity contribution in [1.82, 2.24) is 15.2 Å². The van der Waals surface area contributed by atoms with E-state index in [4.69, 9.17) is 10.6 Å². The Morgan fingerprint density at radius 3 is 2.68 bits per heavy atom.